The molecule has 204 valence electrons. The van der Waals surface area contributed by atoms with Crippen LogP contribution in [0.1, 0.15) is 84.0 Å². The zero-order valence-electron chi connectivity index (χ0n) is 22.6. The molecule has 0 aliphatic carbocycles. The number of hydrogen-bond acceptors (Lipinski definition) is 9. The Balaban J connectivity index is 1.42. The predicted molar refractivity (Wildman–Crippen MR) is 144 cm³/mol. The van der Waals surface area contributed by atoms with Crippen LogP contribution in [-0.4, -0.2) is 80.5 Å². The second kappa shape index (κ2) is 16.5. The molecular formula is C26H47N7O3. The Morgan fingerprint density at radius 2 is 1.19 bits per heavy atom. The van der Waals surface area contributed by atoms with Crippen LogP contribution in [0.5, 0.6) is 0 Å². The number of hydrazine groups is 1. The molecule has 10 nitrogen and oxygen atoms in total. The van der Waals surface area contributed by atoms with E-state index >= 15 is 0 Å². The highest BCUT2D eigenvalue weighted by atomic mass is 16.5. The van der Waals surface area contributed by atoms with E-state index in [1.165, 1.54) is 57.8 Å². The van der Waals surface area contributed by atoms with Crippen LogP contribution in [0.25, 0.3) is 0 Å². The highest BCUT2D eigenvalue weighted by molar-refractivity contribution is 5.77. The molecule has 2 aliphatic heterocycles. The number of hydrogen-bond donors (Lipinski definition) is 1. The van der Waals surface area contributed by atoms with Crippen molar-refractivity contribution in [2.45, 2.75) is 84.0 Å². The van der Waals surface area contributed by atoms with E-state index < -0.39 is 0 Å². The second-order valence-electron chi connectivity index (χ2n) is 9.81. The summed E-state index contributed by atoms with van der Waals surface area (Å²) >= 11 is 0. The Bertz CT molecular complexity index is 719. The third-order valence-electron chi connectivity index (χ3n) is 6.79. The van der Waals surface area contributed by atoms with Crippen molar-refractivity contribution >= 4 is 23.8 Å². The number of rotatable bonds is 16. The monoisotopic (exact) mass is 505 g/mol. The van der Waals surface area contributed by atoms with Gasteiger partial charge in [-0.05, 0) is 6.42 Å². The maximum Gasteiger partial charge on any atom is 0.250 e. The summed E-state index contributed by atoms with van der Waals surface area (Å²) in [6, 6.07) is 0. The summed E-state index contributed by atoms with van der Waals surface area (Å²) in [4.78, 5) is 30.9. The first-order valence-electron chi connectivity index (χ1n) is 14.1. The standard InChI is InChI=1S/C26H47N7O3/c1-3-4-5-6-7-8-9-10-11-12-13-14-23(34)30-31(2)24-27-25(32-15-19-35-20-16-32)29-26(28-24)33-17-21-36-22-18-33/h3-22H2,1-2H3,(H,30,34). The smallest absolute Gasteiger partial charge is 0.250 e. The minimum atomic E-state index is -0.00492. The van der Waals surface area contributed by atoms with Gasteiger partial charge in [-0.3, -0.25) is 15.2 Å². The van der Waals surface area contributed by atoms with Crippen molar-refractivity contribution in [2.75, 3.05) is 74.5 Å². The van der Waals surface area contributed by atoms with Gasteiger partial charge in [-0.25, -0.2) is 0 Å². The summed E-state index contributed by atoms with van der Waals surface area (Å²) in [6.45, 7) is 7.82. The van der Waals surface area contributed by atoms with E-state index in [0.29, 0.717) is 50.7 Å². The van der Waals surface area contributed by atoms with Gasteiger partial charge in [0.15, 0.2) is 0 Å². The van der Waals surface area contributed by atoms with Gasteiger partial charge in [-0.1, -0.05) is 71.1 Å². The molecule has 10 heteroatoms. The fraction of sp³-hybridized carbons (Fsp3) is 0.846. The molecule has 0 saturated carbocycles. The molecule has 2 aliphatic rings. The molecule has 1 aromatic rings. The molecule has 2 saturated heterocycles. The van der Waals surface area contributed by atoms with Crippen molar-refractivity contribution in [3.63, 3.8) is 0 Å². The van der Waals surface area contributed by atoms with E-state index in [-0.39, 0.29) is 5.91 Å². The van der Waals surface area contributed by atoms with Crippen LogP contribution in [-0.2, 0) is 14.3 Å². The summed E-state index contributed by atoms with van der Waals surface area (Å²) in [6.07, 6.45) is 14.5. The summed E-state index contributed by atoms with van der Waals surface area (Å²) in [5, 5.41) is 1.62. The Labute approximate surface area is 217 Å². The van der Waals surface area contributed by atoms with E-state index in [1.54, 1.807) is 12.1 Å². The molecule has 0 aromatic carbocycles. The highest BCUT2D eigenvalue weighted by Crippen LogP contribution is 2.20. The molecule has 0 unspecified atom stereocenters. The minimum absolute atomic E-state index is 0.00492. The van der Waals surface area contributed by atoms with Gasteiger partial charge in [0.1, 0.15) is 0 Å². The van der Waals surface area contributed by atoms with E-state index in [0.717, 1.165) is 39.0 Å². The fourth-order valence-corrected chi connectivity index (χ4v) is 4.55. The van der Waals surface area contributed by atoms with Gasteiger partial charge in [0.2, 0.25) is 17.8 Å². The van der Waals surface area contributed by atoms with Gasteiger partial charge < -0.3 is 19.3 Å². The van der Waals surface area contributed by atoms with Crippen LogP contribution in [0.15, 0.2) is 0 Å². The Morgan fingerprint density at radius 1 is 0.750 bits per heavy atom. The lowest BCUT2D eigenvalue weighted by molar-refractivity contribution is -0.121. The van der Waals surface area contributed by atoms with Crippen LogP contribution in [0.4, 0.5) is 17.8 Å². The average molecular weight is 506 g/mol. The lowest BCUT2D eigenvalue weighted by Gasteiger charge is -2.31. The quantitative estimate of drug-likeness (QED) is 0.266. The predicted octanol–water partition coefficient (Wildman–Crippen LogP) is 3.71. The summed E-state index contributed by atoms with van der Waals surface area (Å²) in [5.74, 6) is 1.68. The summed E-state index contributed by atoms with van der Waals surface area (Å²) in [7, 11) is 1.79. The van der Waals surface area contributed by atoms with Crippen LogP contribution in [0.2, 0.25) is 0 Å². The number of anilines is 3. The van der Waals surface area contributed by atoms with Crippen molar-refractivity contribution in [1.82, 2.24) is 20.4 Å². The van der Waals surface area contributed by atoms with Crippen LogP contribution >= 0.6 is 0 Å². The number of unbranched alkanes of at least 4 members (excludes halogenated alkanes) is 10. The van der Waals surface area contributed by atoms with E-state index in [1.807, 2.05) is 0 Å². The second-order valence-corrected chi connectivity index (χ2v) is 9.81. The number of aromatic nitrogens is 3. The van der Waals surface area contributed by atoms with Gasteiger partial charge in [-0.2, -0.15) is 15.0 Å². The molecule has 1 amide bonds. The zero-order chi connectivity index (χ0) is 25.4. The topological polar surface area (TPSA) is 96.0 Å². The minimum Gasteiger partial charge on any atom is -0.378 e. The fourth-order valence-electron chi connectivity index (χ4n) is 4.55. The molecule has 1 aromatic heterocycles. The first-order chi connectivity index (χ1) is 17.7. The molecule has 0 radical (unpaired) electrons. The van der Waals surface area contributed by atoms with E-state index in [9.17, 15) is 4.79 Å². The van der Waals surface area contributed by atoms with Crippen LogP contribution in [0.3, 0.4) is 0 Å². The molecule has 3 heterocycles. The molecule has 0 bridgehead atoms. The number of amides is 1. The first kappa shape index (κ1) is 28.4. The number of nitrogens with one attached hydrogen (secondary N) is 1. The average Bonchev–Trinajstić information content (AvgIpc) is 2.92. The van der Waals surface area contributed by atoms with Crippen molar-refractivity contribution in [3.05, 3.63) is 0 Å². The van der Waals surface area contributed by atoms with Crippen molar-refractivity contribution in [2.24, 2.45) is 0 Å². The number of morpholine rings is 2. The van der Waals surface area contributed by atoms with Crippen molar-refractivity contribution in [1.29, 1.82) is 0 Å². The molecule has 0 spiro atoms. The lowest BCUT2D eigenvalue weighted by Crippen LogP contribution is -2.43. The van der Waals surface area contributed by atoms with Crippen LogP contribution in [0, 0.1) is 0 Å². The third kappa shape index (κ3) is 10.0. The van der Waals surface area contributed by atoms with Crippen molar-refractivity contribution < 1.29 is 14.3 Å². The van der Waals surface area contributed by atoms with Gasteiger partial charge in [0, 0.05) is 39.6 Å². The number of ether oxygens (including phenoxy) is 2. The SMILES string of the molecule is CCCCCCCCCCCCCC(=O)NN(C)c1nc(N2CCOCC2)nc(N2CCOCC2)n1. The zero-order valence-corrected chi connectivity index (χ0v) is 22.6. The Kier molecular flexibility index (Phi) is 13.0. The Morgan fingerprint density at radius 3 is 1.67 bits per heavy atom. The summed E-state index contributed by atoms with van der Waals surface area (Å²) < 4.78 is 11.0. The summed E-state index contributed by atoms with van der Waals surface area (Å²) in [5.41, 5.74) is 2.95. The molecule has 3 rings (SSSR count). The van der Waals surface area contributed by atoms with E-state index in [2.05, 4.69) is 32.1 Å². The molecule has 0 atom stereocenters. The molecule has 36 heavy (non-hydrogen) atoms. The molecular weight excluding hydrogens is 458 g/mol. The maximum absolute atomic E-state index is 12.6. The van der Waals surface area contributed by atoms with Gasteiger partial charge in [-0.15, -0.1) is 0 Å². The lowest BCUT2D eigenvalue weighted by atomic mass is 10.1. The first-order valence-corrected chi connectivity index (χ1v) is 14.1. The number of nitrogens with zero attached hydrogens (tertiary/aromatic N) is 6. The largest absolute Gasteiger partial charge is 0.378 e. The molecule has 2 fully saturated rings. The highest BCUT2D eigenvalue weighted by Gasteiger charge is 2.22. The number of carbonyl (C=O) groups excluding carboxylic acids is 1. The molecule has 1 N–H and O–H groups in total. The van der Waals surface area contributed by atoms with Crippen LogP contribution < -0.4 is 20.2 Å². The van der Waals surface area contributed by atoms with Gasteiger partial charge in [0.25, 0.3) is 5.95 Å². The number of carbonyl (C=O) groups is 1. The van der Waals surface area contributed by atoms with Crippen molar-refractivity contribution in [3.8, 4) is 0 Å². The van der Waals surface area contributed by atoms with Gasteiger partial charge in [0.05, 0.1) is 26.4 Å². The van der Waals surface area contributed by atoms with E-state index in [4.69, 9.17) is 14.5 Å². The van der Waals surface area contributed by atoms with Gasteiger partial charge >= 0.3 is 0 Å². The third-order valence-corrected chi connectivity index (χ3v) is 6.79. The Hall–Kier alpha value is -2.20. The maximum atomic E-state index is 12.6. The normalized spacial score (nSPS) is 16.3.